The van der Waals surface area contributed by atoms with Crippen molar-refractivity contribution in [2.45, 2.75) is 19.9 Å². The van der Waals surface area contributed by atoms with E-state index >= 15 is 0 Å². The van der Waals surface area contributed by atoms with E-state index in [1.807, 2.05) is 24.4 Å². The van der Waals surface area contributed by atoms with Gasteiger partial charge in [-0.3, -0.25) is 4.79 Å². The zero-order valence-electron chi connectivity index (χ0n) is 15.4. The Morgan fingerprint density at radius 2 is 2.03 bits per heavy atom. The fourth-order valence-electron chi connectivity index (χ4n) is 2.50. The summed E-state index contributed by atoms with van der Waals surface area (Å²) in [6.07, 6.45) is 0.714. The van der Waals surface area contributed by atoms with Crippen molar-refractivity contribution in [2.75, 3.05) is 13.2 Å². The lowest BCUT2D eigenvalue weighted by Gasteiger charge is -2.20. The lowest BCUT2D eigenvalue weighted by Crippen LogP contribution is -2.35. The van der Waals surface area contributed by atoms with Crippen LogP contribution in [0.3, 0.4) is 0 Å². The third kappa shape index (κ3) is 5.35. The van der Waals surface area contributed by atoms with Crippen LogP contribution >= 0.6 is 34.5 Å². The molecule has 0 bridgehead atoms. The predicted octanol–water partition coefficient (Wildman–Crippen LogP) is 4.70. The van der Waals surface area contributed by atoms with E-state index in [0.29, 0.717) is 24.7 Å². The summed E-state index contributed by atoms with van der Waals surface area (Å²) in [4.78, 5) is 27.1. The molecule has 0 saturated carbocycles. The van der Waals surface area contributed by atoms with Crippen molar-refractivity contribution in [3.05, 3.63) is 57.2 Å². The number of nitrogens with zero attached hydrogens (tertiary/aromatic N) is 3. The molecular weight excluding hydrogens is 437 g/mol. The SMILES string of the molecule is CCCN(Cc1nnc(-c2cccs2)o1)C(=O)COC(=O)c1cccc(Cl)c1Cl. The van der Waals surface area contributed by atoms with Crippen LogP contribution in [-0.4, -0.2) is 40.1 Å². The molecule has 0 radical (unpaired) electrons. The summed E-state index contributed by atoms with van der Waals surface area (Å²) in [5.74, 6) is -0.394. The first kappa shape index (κ1) is 21.3. The number of benzene rings is 1. The number of aromatic nitrogens is 2. The number of carbonyl (C=O) groups is 2. The van der Waals surface area contributed by atoms with Crippen molar-refractivity contribution >= 4 is 46.4 Å². The number of carbonyl (C=O) groups excluding carboxylic acids is 2. The lowest BCUT2D eigenvalue weighted by atomic mass is 10.2. The van der Waals surface area contributed by atoms with Gasteiger partial charge in [0.15, 0.2) is 6.61 Å². The number of ether oxygens (including phenoxy) is 1. The smallest absolute Gasteiger partial charge is 0.340 e. The third-order valence-corrected chi connectivity index (χ3v) is 5.55. The number of hydrogen-bond donors (Lipinski definition) is 0. The highest BCUT2D eigenvalue weighted by Crippen LogP contribution is 2.26. The Kier molecular flexibility index (Phi) is 7.24. The molecule has 2 aromatic heterocycles. The molecule has 0 unspecified atom stereocenters. The summed E-state index contributed by atoms with van der Waals surface area (Å²) in [5.41, 5.74) is 0.103. The molecule has 10 heteroatoms. The average Bonchev–Trinajstić information content (AvgIpc) is 3.39. The van der Waals surface area contributed by atoms with Crippen molar-refractivity contribution in [3.8, 4) is 10.8 Å². The topological polar surface area (TPSA) is 85.5 Å². The van der Waals surface area contributed by atoms with E-state index in [1.165, 1.54) is 22.3 Å². The highest BCUT2D eigenvalue weighted by molar-refractivity contribution is 7.13. The maximum Gasteiger partial charge on any atom is 0.340 e. The summed E-state index contributed by atoms with van der Waals surface area (Å²) in [7, 11) is 0. The largest absolute Gasteiger partial charge is 0.452 e. The number of esters is 1. The Morgan fingerprint density at radius 3 is 2.76 bits per heavy atom. The number of thiophene rings is 1. The fourth-order valence-corrected chi connectivity index (χ4v) is 3.52. The van der Waals surface area contributed by atoms with E-state index in [2.05, 4.69) is 10.2 Å². The van der Waals surface area contributed by atoms with Crippen LogP contribution in [0.1, 0.15) is 29.6 Å². The van der Waals surface area contributed by atoms with E-state index < -0.39 is 12.6 Å². The van der Waals surface area contributed by atoms with E-state index in [1.54, 1.807) is 12.1 Å². The zero-order valence-corrected chi connectivity index (χ0v) is 17.8. The van der Waals surface area contributed by atoms with Gasteiger partial charge in [-0.25, -0.2) is 4.79 Å². The average molecular weight is 454 g/mol. The Hall–Kier alpha value is -2.42. The molecule has 1 aromatic carbocycles. The van der Waals surface area contributed by atoms with Gasteiger partial charge in [0, 0.05) is 6.54 Å². The first-order chi connectivity index (χ1) is 14.0. The molecule has 3 rings (SSSR count). The fraction of sp³-hybridized carbons (Fsp3) is 0.263. The second-order valence-electron chi connectivity index (χ2n) is 5.97. The molecule has 0 aliphatic heterocycles. The standard InChI is InChI=1S/C19H17Cl2N3O4S/c1-2-8-24(10-15-22-23-18(28-15)14-7-4-9-29-14)16(25)11-27-19(26)12-5-3-6-13(20)17(12)21/h3-7,9H,2,8,10-11H2,1H3. The summed E-state index contributed by atoms with van der Waals surface area (Å²) in [6, 6.07) is 8.38. The minimum Gasteiger partial charge on any atom is -0.452 e. The van der Waals surface area contributed by atoms with Gasteiger partial charge < -0.3 is 14.1 Å². The molecule has 29 heavy (non-hydrogen) atoms. The second-order valence-corrected chi connectivity index (χ2v) is 7.70. The Bertz CT molecular complexity index is 991. The van der Waals surface area contributed by atoms with Crippen molar-refractivity contribution in [1.29, 1.82) is 0 Å². The van der Waals surface area contributed by atoms with Crippen molar-refractivity contribution in [2.24, 2.45) is 0 Å². The number of amides is 1. The lowest BCUT2D eigenvalue weighted by molar-refractivity contribution is -0.135. The van der Waals surface area contributed by atoms with Crippen molar-refractivity contribution < 1.29 is 18.7 Å². The first-order valence-corrected chi connectivity index (χ1v) is 10.4. The van der Waals surface area contributed by atoms with Gasteiger partial charge in [0.1, 0.15) is 0 Å². The normalized spacial score (nSPS) is 10.7. The molecule has 0 spiro atoms. The molecule has 0 fully saturated rings. The van der Waals surface area contributed by atoms with Crippen LogP contribution in [0.25, 0.3) is 10.8 Å². The first-order valence-electron chi connectivity index (χ1n) is 8.74. The Morgan fingerprint density at radius 1 is 1.21 bits per heavy atom. The molecular formula is C19H17Cl2N3O4S. The van der Waals surface area contributed by atoms with Crippen LogP contribution in [-0.2, 0) is 16.1 Å². The minimum absolute atomic E-state index is 0.0870. The summed E-state index contributed by atoms with van der Waals surface area (Å²) < 4.78 is 10.7. The molecule has 7 nitrogen and oxygen atoms in total. The molecule has 0 aliphatic carbocycles. The maximum atomic E-state index is 12.6. The predicted molar refractivity (Wildman–Crippen MR) is 110 cm³/mol. The Balaban J connectivity index is 1.62. The van der Waals surface area contributed by atoms with Gasteiger partial charge in [-0.05, 0) is 30.0 Å². The molecule has 3 aromatic rings. The molecule has 2 heterocycles. The van der Waals surface area contributed by atoms with Gasteiger partial charge in [-0.1, -0.05) is 42.3 Å². The van der Waals surface area contributed by atoms with Gasteiger partial charge >= 0.3 is 5.97 Å². The van der Waals surface area contributed by atoms with Gasteiger partial charge in [-0.2, -0.15) is 0 Å². The van der Waals surface area contributed by atoms with Crippen LogP contribution in [0.2, 0.25) is 10.0 Å². The van der Waals surface area contributed by atoms with Gasteiger partial charge in [0.2, 0.25) is 5.89 Å². The van der Waals surface area contributed by atoms with Crippen molar-refractivity contribution in [1.82, 2.24) is 15.1 Å². The van der Waals surface area contributed by atoms with E-state index in [9.17, 15) is 9.59 Å². The number of hydrogen-bond acceptors (Lipinski definition) is 7. The van der Waals surface area contributed by atoms with Crippen LogP contribution in [0.15, 0.2) is 40.1 Å². The summed E-state index contributed by atoms with van der Waals surface area (Å²) in [5, 5.41) is 10.2. The van der Waals surface area contributed by atoms with Gasteiger partial charge in [-0.15, -0.1) is 21.5 Å². The van der Waals surface area contributed by atoms with E-state index in [4.69, 9.17) is 32.4 Å². The molecule has 0 N–H and O–H groups in total. The minimum atomic E-state index is -0.722. The third-order valence-electron chi connectivity index (χ3n) is 3.87. The quantitative estimate of drug-likeness (QED) is 0.459. The van der Waals surface area contributed by atoms with Crippen LogP contribution in [0.4, 0.5) is 0 Å². The summed E-state index contributed by atoms with van der Waals surface area (Å²) >= 11 is 13.4. The van der Waals surface area contributed by atoms with Crippen LogP contribution < -0.4 is 0 Å². The molecule has 1 amide bonds. The van der Waals surface area contributed by atoms with Gasteiger partial charge in [0.25, 0.3) is 11.8 Å². The number of halogens is 2. The second kappa shape index (κ2) is 9.87. The highest BCUT2D eigenvalue weighted by Gasteiger charge is 2.21. The molecule has 0 aliphatic rings. The molecule has 0 atom stereocenters. The molecule has 0 saturated heterocycles. The van der Waals surface area contributed by atoms with Crippen LogP contribution in [0.5, 0.6) is 0 Å². The number of rotatable bonds is 8. The van der Waals surface area contributed by atoms with Crippen molar-refractivity contribution in [3.63, 3.8) is 0 Å². The Labute approximate surface area is 181 Å². The van der Waals surface area contributed by atoms with E-state index in [-0.39, 0.29) is 28.1 Å². The van der Waals surface area contributed by atoms with E-state index in [0.717, 1.165) is 4.88 Å². The maximum absolute atomic E-state index is 12.6. The van der Waals surface area contributed by atoms with Gasteiger partial charge in [0.05, 0.1) is 27.0 Å². The highest BCUT2D eigenvalue weighted by atomic mass is 35.5. The van der Waals surface area contributed by atoms with Crippen LogP contribution in [0, 0.1) is 0 Å². The zero-order chi connectivity index (χ0) is 20.8. The molecule has 152 valence electrons. The monoisotopic (exact) mass is 453 g/mol. The summed E-state index contributed by atoms with van der Waals surface area (Å²) in [6.45, 7) is 2.07.